The fourth-order valence-corrected chi connectivity index (χ4v) is 5.83. The quantitative estimate of drug-likeness (QED) is 0.471. The SMILES string of the molecule is CCC1Cc2c(cccc2C(C(=O)O)N2CCC(OCCCCc3ccc4c(n3)NCCC4)C2)CO1. The van der Waals surface area contributed by atoms with Crippen LogP contribution in [0.2, 0.25) is 0 Å². The highest BCUT2D eigenvalue weighted by molar-refractivity contribution is 5.76. The second-order valence-corrected chi connectivity index (χ2v) is 10.3. The van der Waals surface area contributed by atoms with E-state index in [9.17, 15) is 9.90 Å². The summed E-state index contributed by atoms with van der Waals surface area (Å²) in [6, 6.07) is 9.77. The lowest BCUT2D eigenvalue weighted by Crippen LogP contribution is -2.35. The number of ether oxygens (including phenoxy) is 2. The molecule has 0 radical (unpaired) electrons. The zero-order valence-corrected chi connectivity index (χ0v) is 21.4. The first kappa shape index (κ1) is 25.2. The fourth-order valence-electron chi connectivity index (χ4n) is 5.83. The van der Waals surface area contributed by atoms with Gasteiger partial charge >= 0.3 is 5.97 Å². The minimum absolute atomic E-state index is 0.0872. The number of nitrogens with zero attached hydrogens (tertiary/aromatic N) is 2. The van der Waals surface area contributed by atoms with E-state index in [1.54, 1.807) is 0 Å². The summed E-state index contributed by atoms with van der Waals surface area (Å²) < 4.78 is 12.1. The lowest BCUT2D eigenvalue weighted by molar-refractivity contribution is -0.143. The molecule has 3 atom stereocenters. The van der Waals surface area contributed by atoms with Gasteiger partial charge in [-0.15, -0.1) is 0 Å². The molecule has 3 aliphatic rings. The highest BCUT2D eigenvalue weighted by Gasteiger charge is 2.36. The number of likely N-dealkylation sites (tertiary alicyclic amines) is 1. The summed E-state index contributed by atoms with van der Waals surface area (Å²) in [7, 11) is 0. The Labute approximate surface area is 214 Å². The lowest BCUT2D eigenvalue weighted by Gasteiger charge is -2.31. The Bertz CT molecular complexity index is 1060. The molecule has 2 N–H and O–H groups in total. The van der Waals surface area contributed by atoms with Crippen molar-refractivity contribution in [3.05, 3.63) is 58.3 Å². The van der Waals surface area contributed by atoms with Crippen LogP contribution in [0.4, 0.5) is 5.82 Å². The highest BCUT2D eigenvalue weighted by Crippen LogP contribution is 2.34. The van der Waals surface area contributed by atoms with Gasteiger partial charge in [-0.1, -0.05) is 31.2 Å². The third-order valence-electron chi connectivity index (χ3n) is 7.87. The molecule has 7 nitrogen and oxygen atoms in total. The summed E-state index contributed by atoms with van der Waals surface area (Å²) in [6.45, 7) is 5.80. The van der Waals surface area contributed by atoms with Crippen molar-refractivity contribution >= 4 is 11.8 Å². The van der Waals surface area contributed by atoms with Crippen LogP contribution in [-0.4, -0.2) is 59.4 Å². The first-order valence-corrected chi connectivity index (χ1v) is 13.7. The molecule has 0 saturated carbocycles. The summed E-state index contributed by atoms with van der Waals surface area (Å²) in [5.74, 6) is 0.280. The van der Waals surface area contributed by atoms with Crippen LogP contribution in [-0.2, 0) is 40.1 Å². The molecule has 3 aliphatic heterocycles. The van der Waals surface area contributed by atoms with Gasteiger partial charge in [0.25, 0.3) is 0 Å². The standard InChI is InChI=1S/C29H39N3O4/c1-2-23-17-26-21(19-36-23)7-5-10-25(26)27(29(33)34)32-15-13-24(18-32)35-16-4-3-9-22-12-11-20-8-6-14-30-28(20)31-22/h5,7,10-12,23-24,27H,2-4,6,8-9,13-19H2,1H3,(H,30,31)(H,33,34). The van der Waals surface area contributed by atoms with Crippen LogP contribution >= 0.6 is 0 Å². The zero-order valence-electron chi connectivity index (χ0n) is 21.4. The second-order valence-electron chi connectivity index (χ2n) is 10.3. The topological polar surface area (TPSA) is 83.9 Å². The Kier molecular flexibility index (Phi) is 8.19. The number of carbonyl (C=O) groups is 1. The summed E-state index contributed by atoms with van der Waals surface area (Å²) in [5, 5.41) is 13.6. The molecular formula is C29H39N3O4. The Morgan fingerprint density at radius 1 is 1.28 bits per heavy atom. The van der Waals surface area contributed by atoms with Gasteiger partial charge in [-0.05, 0) is 79.7 Å². The molecule has 1 saturated heterocycles. The van der Waals surface area contributed by atoms with Gasteiger partial charge in [-0.3, -0.25) is 9.69 Å². The minimum atomic E-state index is -0.782. The number of aryl methyl sites for hydroxylation is 2. The Hall–Kier alpha value is -2.48. The second kappa shape index (κ2) is 11.7. The van der Waals surface area contributed by atoms with Crippen molar-refractivity contribution in [2.75, 3.05) is 31.6 Å². The van der Waals surface area contributed by atoms with Crippen molar-refractivity contribution in [1.29, 1.82) is 0 Å². The van der Waals surface area contributed by atoms with E-state index in [0.717, 1.165) is 80.7 Å². The number of rotatable bonds is 10. The number of nitrogens with one attached hydrogen (secondary N) is 1. The van der Waals surface area contributed by atoms with Crippen molar-refractivity contribution in [3.63, 3.8) is 0 Å². The number of carboxylic acid groups (broad SMARTS) is 1. The summed E-state index contributed by atoms with van der Waals surface area (Å²) in [4.78, 5) is 19.3. The van der Waals surface area contributed by atoms with Gasteiger partial charge in [0.05, 0.1) is 18.8 Å². The maximum atomic E-state index is 12.4. The molecule has 0 bridgehead atoms. The molecule has 5 rings (SSSR count). The molecule has 194 valence electrons. The van der Waals surface area contributed by atoms with Gasteiger partial charge in [0, 0.05) is 31.9 Å². The third-order valence-corrected chi connectivity index (χ3v) is 7.87. The average molecular weight is 494 g/mol. The van der Waals surface area contributed by atoms with E-state index < -0.39 is 12.0 Å². The number of benzene rings is 1. The number of hydrogen-bond acceptors (Lipinski definition) is 6. The van der Waals surface area contributed by atoms with Crippen LogP contribution in [0.1, 0.15) is 73.0 Å². The minimum Gasteiger partial charge on any atom is -0.480 e. The molecule has 1 aromatic carbocycles. The van der Waals surface area contributed by atoms with Crippen molar-refractivity contribution in [3.8, 4) is 0 Å². The monoisotopic (exact) mass is 493 g/mol. The molecule has 3 unspecified atom stereocenters. The van der Waals surface area contributed by atoms with Crippen LogP contribution in [0.25, 0.3) is 0 Å². The van der Waals surface area contributed by atoms with Gasteiger partial charge in [0.15, 0.2) is 0 Å². The largest absolute Gasteiger partial charge is 0.480 e. The van der Waals surface area contributed by atoms with Gasteiger partial charge in [-0.25, -0.2) is 4.98 Å². The Morgan fingerprint density at radius 3 is 3.06 bits per heavy atom. The van der Waals surface area contributed by atoms with E-state index in [0.29, 0.717) is 19.8 Å². The summed E-state index contributed by atoms with van der Waals surface area (Å²) in [6.07, 6.45) is 8.12. The lowest BCUT2D eigenvalue weighted by atomic mass is 9.89. The molecule has 4 heterocycles. The van der Waals surface area contributed by atoms with E-state index in [-0.39, 0.29) is 12.2 Å². The van der Waals surface area contributed by atoms with E-state index in [2.05, 4.69) is 35.3 Å². The molecule has 1 aromatic heterocycles. The van der Waals surface area contributed by atoms with E-state index in [4.69, 9.17) is 14.5 Å². The van der Waals surface area contributed by atoms with Crippen molar-refractivity contribution in [2.45, 2.75) is 83.1 Å². The molecular weight excluding hydrogens is 454 g/mol. The predicted molar refractivity (Wildman–Crippen MR) is 139 cm³/mol. The number of hydrogen-bond donors (Lipinski definition) is 2. The van der Waals surface area contributed by atoms with Gasteiger partial charge in [-0.2, -0.15) is 0 Å². The van der Waals surface area contributed by atoms with Crippen LogP contribution in [0.5, 0.6) is 0 Å². The normalized spacial score (nSPS) is 22.5. The van der Waals surface area contributed by atoms with Crippen LogP contribution in [0.3, 0.4) is 0 Å². The van der Waals surface area contributed by atoms with Gasteiger partial charge in [0.1, 0.15) is 11.9 Å². The highest BCUT2D eigenvalue weighted by atomic mass is 16.5. The molecule has 0 spiro atoms. The number of anilines is 1. The molecule has 2 aromatic rings. The van der Waals surface area contributed by atoms with E-state index in [1.807, 2.05) is 12.1 Å². The first-order chi connectivity index (χ1) is 17.6. The smallest absolute Gasteiger partial charge is 0.325 e. The van der Waals surface area contributed by atoms with Gasteiger partial charge < -0.3 is 19.9 Å². The molecule has 7 heteroatoms. The maximum Gasteiger partial charge on any atom is 0.325 e. The van der Waals surface area contributed by atoms with Crippen molar-refractivity contribution in [2.24, 2.45) is 0 Å². The van der Waals surface area contributed by atoms with Gasteiger partial charge in [0.2, 0.25) is 0 Å². The molecule has 36 heavy (non-hydrogen) atoms. The number of aromatic nitrogens is 1. The Morgan fingerprint density at radius 2 is 2.19 bits per heavy atom. The summed E-state index contributed by atoms with van der Waals surface area (Å²) >= 11 is 0. The van der Waals surface area contributed by atoms with Crippen LogP contribution < -0.4 is 5.32 Å². The number of pyridine rings is 1. The van der Waals surface area contributed by atoms with Crippen LogP contribution in [0, 0.1) is 0 Å². The molecule has 0 amide bonds. The number of aliphatic carboxylic acids is 1. The molecule has 1 fully saturated rings. The van der Waals surface area contributed by atoms with Crippen molar-refractivity contribution < 1.29 is 19.4 Å². The predicted octanol–water partition coefficient (Wildman–Crippen LogP) is 4.53. The molecule has 0 aliphatic carbocycles. The average Bonchev–Trinajstić information content (AvgIpc) is 3.36. The fraction of sp³-hybridized carbons (Fsp3) is 0.586. The number of fused-ring (bicyclic) bond motifs is 2. The first-order valence-electron chi connectivity index (χ1n) is 13.7. The number of carboxylic acids is 1. The Balaban J connectivity index is 1.12. The van der Waals surface area contributed by atoms with Crippen LogP contribution in [0.15, 0.2) is 30.3 Å². The zero-order chi connectivity index (χ0) is 24.9. The van der Waals surface area contributed by atoms with E-state index in [1.165, 1.54) is 17.5 Å². The maximum absolute atomic E-state index is 12.4. The van der Waals surface area contributed by atoms with E-state index >= 15 is 0 Å². The summed E-state index contributed by atoms with van der Waals surface area (Å²) in [5.41, 5.74) is 5.68. The number of unbranched alkanes of at least 4 members (excludes halogenated alkanes) is 1. The van der Waals surface area contributed by atoms with Crippen molar-refractivity contribution in [1.82, 2.24) is 9.88 Å². The third kappa shape index (κ3) is 5.74.